The highest BCUT2D eigenvalue weighted by molar-refractivity contribution is 5.82. The number of hydrogen-bond acceptors (Lipinski definition) is 3. The topological polar surface area (TPSA) is 92.4 Å². The highest BCUT2D eigenvalue weighted by Crippen LogP contribution is 2.18. The maximum atomic E-state index is 11.3. The second-order valence-corrected chi connectivity index (χ2v) is 3.68. The van der Waals surface area contributed by atoms with Gasteiger partial charge in [0.25, 0.3) is 0 Å². The van der Waals surface area contributed by atoms with Gasteiger partial charge >= 0.3 is 5.97 Å². The minimum absolute atomic E-state index is 0.0563. The van der Waals surface area contributed by atoms with E-state index in [1.807, 2.05) is 0 Å². The van der Waals surface area contributed by atoms with Gasteiger partial charge < -0.3 is 16.2 Å². The van der Waals surface area contributed by atoms with Gasteiger partial charge in [-0.05, 0) is 25.7 Å². The van der Waals surface area contributed by atoms with Crippen molar-refractivity contribution < 1.29 is 14.7 Å². The predicted molar refractivity (Wildman–Crippen MR) is 50.6 cm³/mol. The lowest BCUT2D eigenvalue weighted by Crippen LogP contribution is -2.47. The molecule has 1 rings (SSSR count). The van der Waals surface area contributed by atoms with Gasteiger partial charge in [0, 0.05) is 12.5 Å². The molecule has 4 N–H and O–H groups in total. The maximum Gasteiger partial charge on any atom is 0.303 e. The van der Waals surface area contributed by atoms with Crippen molar-refractivity contribution >= 4 is 11.9 Å². The molecule has 0 aliphatic heterocycles. The van der Waals surface area contributed by atoms with E-state index < -0.39 is 12.0 Å². The molecule has 0 spiro atoms. The summed E-state index contributed by atoms with van der Waals surface area (Å²) in [6.45, 7) is 0. The van der Waals surface area contributed by atoms with Crippen LogP contribution in [0, 0.1) is 0 Å². The molecule has 5 nitrogen and oxygen atoms in total. The highest BCUT2D eigenvalue weighted by Gasteiger charge is 2.22. The third-order valence-electron chi connectivity index (χ3n) is 2.46. The van der Waals surface area contributed by atoms with Crippen LogP contribution in [0.4, 0.5) is 0 Å². The second-order valence-electron chi connectivity index (χ2n) is 3.68. The van der Waals surface area contributed by atoms with Crippen LogP contribution >= 0.6 is 0 Å². The fourth-order valence-electron chi connectivity index (χ4n) is 1.27. The van der Waals surface area contributed by atoms with Crippen molar-refractivity contribution in [2.45, 2.75) is 44.2 Å². The van der Waals surface area contributed by atoms with Crippen LogP contribution in [0.3, 0.4) is 0 Å². The first-order valence-electron chi connectivity index (χ1n) is 4.87. The van der Waals surface area contributed by atoms with E-state index in [2.05, 4.69) is 5.32 Å². The monoisotopic (exact) mass is 200 g/mol. The molecule has 0 saturated heterocycles. The van der Waals surface area contributed by atoms with Crippen LogP contribution in [-0.4, -0.2) is 29.1 Å². The molecular formula is C9H16N2O3. The molecule has 1 aliphatic carbocycles. The molecule has 5 heteroatoms. The second kappa shape index (κ2) is 4.95. The lowest BCUT2D eigenvalue weighted by molar-refractivity contribution is -0.137. The highest BCUT2D eigenvalue weighted by atomic mass is 16.4. The normalized spacial score (nSPS) is 18.4. The molecule has 0 radical (unpaired) electrons. The van der Waals surface area contributed by atoms with Crippen LogP contribution in [0.15, 0.2) is 0 Å². The standard InChI is InChI=1S/C9H16N2O3/c10-7(4-5-8(12)13)9(14)11-6-2-1-3-6/h6-7H,1-5,10H2,(H,11,14)(H,12,13). The number of nitrogens with two attached hydrogens (primary N) is 1. The third-order valence-corrected chi connectivity index (χ3v) is 2.46. The molecule has 0 heterocycles. The van der Waals surface area contributed by atoms with Crippen LogP contribution < -0.4 is 11.1 Å². The number of rotatable bonds is 5. The van der Waals surface area contributed by atoms with Gasteiger partial charge in [-0.2, -0.15) is 0 Å². The minimum Gasteiger partial charge on any atom is -0.481 e. The van der Waals surface area contributed by atoms with Crippen molar-refractivity contribution in [3.05, 3.63) is 0 Å². The van der Waals surface area contributed by atoms with Crippen LogP contribution in [-0.2, 0) is 9.59 Å². The number of carbonyl (C=O) groups is 2. The van der Waals surface area contributed by atoms with Crippen LogP contribution in [0.2, 0.25) is 0 Å². The first kappa shape index (κ1) is 11.0. The number of carboxylic acid groups (broad SMARTS) is 1. The zero-order valence-electron chi connectivity index (χ0n) is 8.03. The molecule has 1 aliphatic rings. The molecule has 1 amide bonds. The van der Waals surface area contributed by atoms with Crippen molar-refractivity contribution in [3.8, 4) is 0 Å². The van der Waals surface area contributed by atoms with Gasteiger partial charge in [0.15, 0.2) is 0 Å². The number of carbonyl (C=O) groups excluding carboxylic acids is 1. The Balaban J connectivity index is 2.17. The summed E-state index contributed by atoms with van der Waals surface area (Å²) in [5.74, 6) is -1.15. The first-order valence-corrected chi connectivity index (χ1v) is 4.87. The predicted octanol–water partition coefficient (Wildman–Crippen LogP) is -0.153. The summed E-state index contributed by atoms with van der Waals surface area (Å²) in [6.07, 6.45) is 3.32. The van der Waals surface area contributed by atoms with E-state index in [-0.39, 0.29) is 24.8 Å². The van der Waals surface area contributed by atoms with Crippen molar-refractivity contribution in [3.63, 3.8) is 0 Å². The molecule has 1 saturated carbocycles. The number of aliphatic carboxylic acids is 1. The third kappa shape index (κ3) is 3.33. The van der Waals surface area contributed by atoms with E-state index in [4.69, 9.17) is 10.8 Å². The fourth-order valence-corrected chi connectivity index (χ4v) is 1.27. The van der Waals surface area contributed by atoms with Crippen LogP contribution in [0.1, 0.15) is 32.1 Å². The molecule has 80 valence electrons. The van der Waals surface area contributed by atoms with E-state index >= 15 is 0 Å². The molecule has 0 aromatic rings. The van der Waals surface area contributed by atoms with Gasteiger partial charge in [-0.25, -0.2) is 0 Å². The van der Waals surface area contributed by atoms with Gasteiger partial charge in [-0.1, -0.05) is 0 Å². The Morgan fingerprint density at radius 2 is 2.14 bits per heavy atom. The summed E-state index contributed by atoms with van der Waals surface area (Å²) >= 11 is 0. The Kier molecular flexibility index (Phi) is 3.88. The number of hydrogen-bond donors (Lipinski definition) is 3. The maximum absolute atomic E-state index is 11.3. The summed E-state index contributed by atoms with van der Waals surface area (Å²) in [7, 11) is 0. The van der Waals surface area contributed by atoms with E-state index in [1.54, 1.807) is 0 Å². The number of carboxylic acids is 1. The number of nitrogens with one attached hydrogen (secondary N) is 1. The Labute approximate surface area is 82.7 Å². The smallest absolute Gasteiger partial charge is 0.303 e. The Hall–Kier alpha value is -1.10. The molecule has 0 bridgehead atoms. The summed E-state index contributed by atoms with van der Waals surface area (Å²) < 4.78 is 0. The first-order chi connectivity index (χ1) is 6.59. The van der Waals surface area contributed by atoms with Gasteiger partial charge in [-0.3, -0.25) is 9.59 Å². The molecule has 1 fully saturated rings. The van der Waals surface area contributed by atoms with Crippen LogP contribution in [0.5, 0.6) is 0 Å². The zero-order chi connectivity index (χ0) is 10.6. The van der Waals surface area contributed by atoms with Crippen molar-refractivity contribution in [1.82, 2.24) is 5.32 Å². The summed E-state index contributed by atoms with van der Waals surface area (Å²) in [5, 5.41) is 11.2. The Morgan fingerprint density at radius 3 is 2.57 bits per heavy atom. The van der Waals surface area contributed by atoms with Crippen LogP contribution in [0.25, 0.3) is 0 Å². The lowest BCUT2D eigenvalue weighted by atomic mass is 9.93. The van der Waals surface area contributed by atoms with E-state index in [0.717, 1.165) is 19.3 Å². The minimum atomic E-state index is -0.920. The molecule has 0 aromatic carbocycles. The van der Waals surface area contributed by atoms with Crippen molar-refractivity contribution in [2.75, 3.05) is 0 Å². The van der Waals surface area contributed by atoms with Crippen molar-refractivity contribution in [2.24, 2.45) is 5.73 Å². The van der Waals surface area contributed by atoms with Gasteiger partial charge in [0.1, 0.15) is 0 Å². The van der Waals surface area contributed by atoms with Gasteiger partial charge in [0.05, 0.1) is 6.04 Å². The van der Waals surface area contributed by atoms with E-state index in [1.165, 1.54) is 0 Å². The zero-order valence-corrected chi connectivity index (χ0v) is 8.03. The Morgan fingerprint density at radius 1 is 1.50 bits per heavy atom. The molecule has 0 aromatic heterocycles. The summed E-state index contributed by atoms with van der Waals surface area (Å²) in [6, 6.07) is -0.426. The van der Waals surface area contributed by atoms with E-state index in [0.29, 0.717) is 0 Å². The van der Waals surface area contributed by atoms with Gasteiger partial charge in [0.2, 0.25) is 5.91 Å². The summed E-state index contributed by atoms with van der Waals surface area (Å²) in [5.41, 5.74) is 5.52. The van der Waals surface area contributed by atoms with E-state index in [9.17, 15) is 9.59 Å². The summed E-state index contributed by atoms with van der Waals surface area (Å²) in [4.78, 5) is 21.6. The lowest BCUT2D eigenvalue weighted by Gasteiger charge is -2.27. The van der Waals surface area contributed by atoms with Crippen molar-refractivity contribution in [1.29, 1.82) is 0 Å². The quantitative estimate of drug-likeness (QED) is 0.575. The van der Waals surface area contributed by atoms with Gasteiger partial charge in [-0.15, -0.1) is 0 Å². The fraction of sp³-hybridized carbons (Fsp3) is 0.778. The average Bonchev–Trinajstić information content (AvgIpc) is 2.06. The SMILES string of the molecule is NC(CCC(=O)O)C(=O)NC1CCC1. The number of amides is 1. The Bertz CT molecular complexity index is 226. The average molecular weight is 200 g/mol. The molecular weight excluding hydrogens is 184 g/mol. The molecule has 1 atom stereocenters. The molecule has 1 unspecified atom stereocenters. The largest absolute Gasteiger partial charge is 0.481 e. The molecule has 14 heavy (non-hydrogen) atoms.